The van der Waals surface area contributed by atoms with E-state index in [-0.39, 0.29) is 12.4 Å². The van der Waals surface area contributed by atoms with Crippen LogP contribution >= 0.6 is 0 Å². The summed E-state index contributed by atoms with van der Waals surface area (Å²) in [5.74, 6) is 0.102. The molecule has 1 rings (SSSR count). The summed E-state index contributed by atoms with van der Waals surface area (Å²) in [7, 11) is 1.88. The summed E-state index contributed by atoms with van der Waals surface area (Å²) in [5, 5.41) is 8.51. The molecule has 0 fully saturated rings. The number of Topliss-reactive ketones (excluding diaryl/α,β-unsaturated/α-hetero) is 1. The minimum Gasteiger partial charge on any atom is -0.396 e. The Kier molecular flexibility index (Phi) is 3.05. The second-order valence-corrected chi connectivity index (χ2v) is 2.82. The average molecular weight is 167 g/mol. The van der Waals surface area contributed by atoms with Crippen LogP contribution in [0.5, 0.6) is 0 Å². The first kappa shape index (κ1) is 9.00. The minimum absolute atomic E-state index is 0.0819. The van der Waals surface area contributed by atoms with Gasteiger partial charge in [0.25, 0.3) is 0 Å². The zero-order valence-electron chi connectivity index (χ0n) is 7.16. The molecular formula is C9H13NO2. The predicted molar refractivity (Wildman–Crippen MR) is 46.1 cm³/mol. The molecular weight excluding hydrogens is 154 g/mol. The largest absolute Gasteiger partial charge is 0.396 e. The van der Waals surface area contributed by atoms with Crippen LogP contribution in [0, 0.1) is 0 Å². The quantitative estimate of drug-likeness (QED) is 0.679. The summed E-state index contributed by atoms with van der Waals surface area (Å²) in [6, 6.07) is 1.79. The highest BCUT2D eigenvalue weighted by atomic mass is 16.3. The lowest BCUT2D eigenvalue weighted by atomic mass is 10.1. The van der Waals surface area contributed by atoms with Gasteiger partial charge in [-0.15, -0.1) is 0 Å². The van der Waals surface area contributed by atoms with Crippen LogP contribution in [0.25, 0.3) is 0 Å². The molecule has 1 N–H and O–H groups in total. The van der Waals surface area contributed by atoms with Gasteiger partial charge in [0.1, 0.15) is 0 Å². The highest BCUT2D eigenvalue weighted by Gasteiger charge is 2.05. The lowest BCUT2D eigenvalue weighted by Gasteiger charge is -1.94. The molecule has 0 saturated heterocycles. The number of rotatable bonds is 4. The number of hydrogen-bond acceptors (Lipinski definition) is 2. The van der Waals surface area contributed by atoms with Crippen molar-refractivity contribution in [3.05, 3.63) is 24.0 Å². The Bertz CT molecular complexity index is 265. The Morgan fingerprint density at radius 1 is 1.67 bits per heavy atom. The lowest BCUT2D eigenvalue weighted by molar-refractivity contribution is 0.0971. The van der Waals surface area contributed by atoms with Crippen molar-refractivity contribution < 1.29 is 9.90 Å². The van der Waals surface area contributed by atoms with E-state index in [1.54, 1.807) is 12.3 Å². The smallest absolute Gasteiger partial charge is 0.164 e. The van der Waals surface area contributed by atoms with Crippen molar-refractivity contribution in [2.24, 2.45) is 7.05 Å². The number of carbonyl (C=O) groups is 1. The number of aliphatic hydroxyl groups is 1. The summed E-state index contributed by atoms with van der Waals surface area (Å²) in [5.41, 5.74) is 0.728. The van der Waals surface area contributed by atoms with Crippen LogP contribution in [0.15, 0.2) is 18.5 Å². The average Bonchev–Trinajstić information content (AvgIpc) is 2.47. The molecule has 66 valence electrons. The molecule has 0 aliphatic carbocycles. The number of ketones is 1. The van der Waals surface area contributed by atoms with Crippen LogP contribution in [-0.4, -0.2) is 22.1 Å². The summed E-state index contributed by atoms with van der Waals surface area (Å²) in [4.78, 5) is 11.3. The molecule has 0 aliphatic rings. The second-order valence-electron chi connectivity index (χ2n) is 2.82. The summed E-state index contributed by atoms with van der Waals surface area (Å²) in [6.07, 6.45) is 4.61. The van der Waals surface area contributed by atoms with E-state index >= 15 is 0 Å². The monoisotopic (exact) mass is 167 g/mol. The molecule has 1 aromatic heterocycles. The maximum atomic E-state index is 11.3. The SMILES string of the molecule is Cn1ccc(C(=O)CCCO)c1. The number of carbonyl (C=O) groups excluding carboxylic acids is 1. The zero-order valence-corrected chi connectivity index (χ0v) is 7.16. The lowest BCUT2D eigenvalue weighted by Crippen LogP contribution is -1.98. The van der Waals surface area contributed by atoms with Crippen molar-refractivity contribution in [2.45, 2.75) is 12.8 Å². The molecule has 0 saturated carbocycles. The third-order valence-electron chi connectivity index (χ3n) is 1.72. The van der Waals surface area contributed by atoms with Crippen LogP contribution < -0.4 is 0 Å². The number of aromatic nitrogens is 1. The molecule has 0 radical (unpaired) electrons. The maximum absolute atomic E-state index is 11.3. The fourth-order valence-electron chi connectivity index (χ4n) is 1.05. The van der Waals surface area contributed by atoms with Gasteiger partial charge in [0, 0.05) is 38.0 Å². The van der Waals surface area contributed by atoms with Gasteiger partial charge in [-0.05, 0) is 12.5 Å². The summed E-state index contributed by atoms with van der Waals surface area (Å²) >= 11 is 0. The van der Waals surface area contributed by atoms with Gasteiger partial charge in [0.05, 0.1) is 0 Å². The van der Waals surface area contributed by atoms with E-state index < -0.39 is 0 Å². The van der Waals surface area contributed by atoms with E-state index in [0.29, 0.717) is 12.8 Å². The molecule has 1 heterocycles. The molecule has 0 unspecified atom stereocenters. The maximum Gasteiger partial charge on any atom is 0.164 e. The number of aliphatic hydroxyl groups excluding tert-OH is 1. The number of hydrogen-bond donors (Lipinski definition) is 1. The first-order valence-corrected chi connectivity index (χ1v) is 4.00. The Labute approximate surface area is 71.6 Å². The van der Waals surface area contributed by atoms with E-state index in [0.717, 1.165) is 5.56 Å². The van der Waals surface area contributed by atoms with Crippen molar-refractivity contribution in [1.82, 2.24) is 4.57 Å². The van der Waals surface area contributed by atoms with Gasteiger partial charge in [-0.2, -0.15) is 0 Å². The molecule has 0 amide bonds. The van der Waals surface area contributed by atoms with E-state index in [2.05, 4.69) is 0 Å². The molecule has 3 heteroatoms. The van der Waals surface area contributed by atoms with Crippen LogP contribution in [0.3, 0.4) is 0 Å². The standard InChI is InChI=1S/C9H13NO2/c1-10-5-4-8(7-10)9(12)3-2-6-11/h4-5,7,11H,2-3,6H2,1H3. The van der Waals surface area contributed by atoms with Crippen LogP contribution in [0.2, 0.25) is 0 Å². The minimum atomic E-state index is 0.0819. The molecule has 0 bridgehead atoms. The molecule has 0 atom stereocenters. The van der Waals surface area contributed by atoms with Gasteiger partial charge >= 0.3 is 0 Å². The number of nitrogens with zero attached hydrogens (tertiary/aromatic N) is 1. The third kappa shape index (κ3) is 2.20. The van der Waals surface area contributed by atoms with Crippen molar-refractivity contribution in [1.29, 1.82) is 0 Å². The van der Waals surface area contributed by atoms with Crippen molar-refractivity contribution in [3.63, 3.8) is 0 Å². The first-order chi connectivity index (χ1) is 5.74. The molecule has 0 aliphatic heterocycles. The van der Waals surface area contributed by atoms with Gasteiger partial charge in [0.15, 0.2) is 5.78 Å². The van der Waals surface area contributed by atoms with Crippen LogP contribution in [0.4, 0.5) is 0 Å². The highest BCUT2D eigenvalue weighted by Crippen LogP contribution is 2.04. The van der Waals surface area contributed by atoms with E-state index in [1.165, 1.54) is 0 Å². The van der Waals surface area contributed by atoms with Gasteiger partial charge in [0.2, 0.25) is 0 Å². The summed E-state index contributed by atoms with van der Waals surface area (Å²) in [6.45, 7) is 0.0819. The Morgan fingerprint density at radius 2 is 2.42 bits per heavy atom. The van der Waals surface area contributed by atoms with Gasteiger partial charge in [-0.3, -0.25) is 4.79 Å². The Hall–Kier alpha value is -1.09. The van der Waals surface area contributed by atoms with Gasteiger partial charge in [-0.1, -0.05) is 0 Å². The predicted octanol–water partition coefficient (Wildman–Crippen LogP) is 0.980. The van der Waals surface area contributed by atoms with Crippen molar-refractivity contribution in [3.8, 4) is 0 Å². The zero-order chi connectivity index (χ0) is 8.97. The summed E-state index contributed by atoms with van der Waals surface area (Å²) < 4.78 is 1.84. The third-order valence-corrected chi connectivity index (χ3v) is 1.72. The Balaban J connectivity index is 2.53. The van der Waals surface area contributed by atoms with Crippen LogP contribution in [0.1, 0.15) is 23.2 Å². The highest BCUT2D eigenvalue weighted by molar-refractivity contribution is 5.95. The van der Waals surface area contributed by atoms with Crippen molar-refractivity contribution in [2.75, 3.05) is 6.61 Å². The van der Waals surface area contributed by atoms with E-state index in [1.807, 2.05) is 17.8 Å². The van der Waals surface area contributed by atoms with Crippen LogP contribution in [-0.2, 0) is 7.05 Å². The Morgan fingerprint density at radius 3 is 2.92 bits per heavy atom. The van der Waals surface area contributed by atoms with E-state index in [4.69, 9.17) is 5.11 Å². The topological polar surface area (TPSA) is 42.2 Å². The molecule has 1 aromatic rings. The molecule has 0 aromatic carbocycles. The van der Waals surface area contributed by atoms with Gasteiger partial charge in [-0.25, -0.2) is 0 Å². The fourth-order valence-corrected chi connectivity index (χ4v) is 1.05. The molecule has 0 spiro atoms. The molecule has 12 heavy (non-hydrogen) atoms. The van der Waals surface area contributed by atoms with E-state index in [9.17, 15) is 4.79 Å². The second kappa shape index (κ2) is 4.07. The first-order valence-electron chi connectivity index (χ1n) is 4.00. The fraction of sp³-hybridized carbons (Fsp3) is 0.444. The normalized spacial score (nSPS) is 10.2. The van der Waals surface area contributed by atoms with Gasteiger partial charge < -0.3 is 9.67 Å². The molecule has 3 nitrogen and oxygen atoms in total. The number of aryl methyl sites for hydroxylation is 1. The van der Waals surface area contributed by atoms with Crippen molar-refractivity contribution >= 4 is 5.78 Å².